The lowest BCUT2D eigenvalue weighted by Gasteiger charge is -2.07. The number of carbonyl (C=O) groups excluding carboxylic acids is 1. The number of rotatable bonds is 2. The average molecular weight is 451 g/mol. The molecule has 1 aromatic heterocycles. The molecule has 0 aliphatic rings. The zero-order chi connectivity index (χ0) is 14.0. The van der Waals surface area contributed by atoms with Crippen LogP contribution in [0.15, 0.2) is 38.1 Å². The van der Waals surface area contributed by atoms with Crippen LogP contribution < -0.4 is 11.1 Å². The Bertz CT molecular complexity index is 628. The molecule has 0 atom stereocenters. The molecule has 3 N–H and O–H groups in total. The highest BCUT2D eigenvalue weighted by molar-refractivity contribution is 9.11. The van der Waals surface area contributed by atoms with Gasteiger partial charge < -0.3 is 11.1 Å². The molecule has 0 bridgehead atoms. The van der Waals surface area contributed by atoms with Crippen molar-refractivity contribution in [2.24, 2.45) is 0 Å². The van der Waals surface area contributed by atoms with E-state index in [9.17, 15) is 4.79 Å². The second-order valence-electron chi connectivity index (χ2n) is 3.56. The molecule has 5 nitrogen and oxygen atoms in total. The van der Waals surface area contributed by atoms with Gasteiger partial charge in [0.05, 0.1) is 6.20 Å². The quantitative estimate of drug-likeness (QED) is 0.685. The number of nitrogens with one attached hydrogen (secondary N) is 1. The third-order valence-electron chi connectivity index (χ3n) is 2.11. The van der Waals surface area contributed by atoms with Gasteiger partial charge in [0.1, 0.15) is 9.21 Å². The lowest BCUT2D eigenvalue weighted by molar-refractivity contribution is 0.102. The molecular weight excluding hydrogens is 444 g/mol. The molecule has 0 fully saturated rings. The minimum Gasteiger partial charge on any atom is -0.399 e. The lowest BCUT2D eigenvalue weighted by Crippen LogP contribution is -2.14. The molecule has 1 heterocycles. The zero-order valence-corrected chi connectivity index (χ0v) is 14.1. The van der Waals surface area contributed by atoms with Crippen LogP contribution in [0.1, 0.15) is 10.4 Å². The van der Waals surface area contributed by atoms with Gasteiger partial charge in [-0.1, -0.05) is 15.9 Å². The van der Waals surface area contributed by atoms with Crippen LogP contribution in [0.2, 0.25) is 0 Å². The van der Waals surface area contributed by atoms with Gasteiger partial charge in [-0.2, -0.15) is 0 Å². The molecule has 2 aromatic rings. The molecule has 0 spiro atoms. The summed E-state index contributed by atoms with van der Waals surface area (Å²) in [4.78, 5) is 20.2. The predicted octanol–water partition coefficient (Wildman–Crippen LogP) is 3.60. The van der Waals surface area contributed by atoms with Crippen LogP contribution in [0.25, 0.3) is 0 Å². The number of nitrogens with two attached hydrogens (primary N) is 1. The van der Waals surface area contributed by atoms with Crippen molar-refractivity contribution >= 4 is 65.2 Å². The molecule has 0 saturated heterocycles. The first-order chi connectivity index (χ1) is 8.95. The maximum atomic E-state index is 12.1. The summed E-state index contributed by atoms with van der Waals surface area (Å²) in [5, 5.41) is 2.65. The van der Waals surface area contributed by atoms with Crippen molar-refractivity contribution < 1.29 is 4.79 Å². The van der Waals surface area contributed by atoms with Gasteiger partial charge in [0.25, 0.3) is 5.91 Å². The summed E-state index contributed by atoms with van der Waals surface area (Å²) in [6.45, 7) is 0. The van der Waals surface area contributed by atoms with Crippen molar-refractivity contribution in [1.82, 2.24) is 9.97 Å². The second kappa shape index (κ2) is 5.98. The van der Waals surface area contributed by atoms with E-state index in [4.69, 9.17) is 5.73 Å². The normalized spacial score (nSPS) is 10.3. The van der Waals surface area contributed by atoms with Crippen LogP contribution in [-0.4, -0.2) is 15.9 Å². The van der Waals surface area contributed by atoms with Gasteiger partial charge in [0.15, 0.2) is 5.82 Å². The Morgan fingerprint density at radius 2 is 1.95 bits per heavy atom. The highest BCUT2D eigenvalue weighted by atomic mass is 79.9. The van der Waals surface area contributed by atoms with E-state index in [2.05, 4.69) is 63.1 Å². The van der Waals surface area contributed by atoms with Gasteiger partial charge in [0, 0.05) is 15.7 Å². The van der Waals surface area contributed by atoms with E-state index < -0.39 is 0 Å². The molecule has 0 unspecified atom stereocenters. The van der Waals surface area contributed by atoms with Gasteiger partial charge >= 0.3 is 0 Å². The first-order valence-electron chi connectivity index (χ1n) is 5.01. The molecule has 0 aliphatic heterocycles. The Balaban J connectivity index is 2.25. The van der Waals surface area contributed by atoms with Gasteiger partial charge in [-0.3, -0.25) is 4.79 Å². The third-order valence-corrected chi connectivity index (χ3v) is 3.51. The molecule has 1 amide bonds. The molecule has 19 heavy (non-hydrogen) atoms. The first kappa shape index (κ1) is 14.4. The number of hydrogen-bond acceptors (Lipinski definition) is 4. The van der Waals surface area contributed by atoms with Crippen molar-refractivity contribution in [2.45, 2.75) is 0 Å². The number of halogens is 3. The third kappa shape index (κ3) is 3.74. The van der Waals surface area contributed by atoms with E-state index in [-0.39, 0.29) is 5.91 Å². The molecule has 0 aliphatic carbocycles. The Labute approximate surface area is 134 Å². The van der Waals surface area contributed by atoms with Crippen LogP contribution >= 0.6 is 47.8 Å². The minimum atomic E-state index is -0.315. The number of hydrogen-bond donors (Lipinski definition) is 2. The van der Waals surface area contributed by atoms with Crippen LogP contribution in [0.4, 0.5) is 11.5 Å². The first-order valence-corrected chi connectivity index (χ1v) is 7.39. The number of nitrogen functional groups attached to an aromatic ring is 1. The summed E-state index contributed by atoms with van der Waals surface area (Å²) in [6.07, 6.45) is 1.50. The summed E-state index contributed by atoms with van der Waals surface area (Å²) >= 11 is 9.70. The summed E-state index contributed by atoms with van der Waals surface area (Å²) in [7, 11) is 0. The van der Waals surface area contributed by atoms with E-state index in [1.165, 1.54) is 6.20 Å². The lowest BCUT2D eigenvalue weighted by atomic mass is 10.2. The number of benzene rings is 1. The molecule has 0 radical (unpaired) electrons. The van der Waals surface area contributed by atoms with Gasteiger partial charge in [-0.25, -0.2) is 9.97 Å². The molecule has 1 aromatic carbocycles. The number of carbonyl (C=O) groups is 1. The van der Waals surface area contributed by atoms with E-state index in [1.807, 2.05) is 0 Å². The Kier molecular flexibility index (Phi) is 4.54. The fraction of sp³-hybridized carbons (Fsp3) is 0. The molecule has 0 saturated carbocycles. The zero-order valence-electron chi connectivity index (χ0n) is 9.32. The van der Waals surface area contributed by atoms with E-state index >= 15 is 0 Å². The fourth-order valence-corrected chi connectivity index (χ4v) is 2.77. The topological polar surface area (TPSA) is 80.9 Å². The number of amides is 1. The summed E-state index contributed by atoms with van der Waals surface area (Å²) in [5.41, 5.74) is 6.62. The van der Waals surface area contributed by atoms with Crippen LogP contribution in [0.5, 0.6) is 0 Å². The smallest absolute Gasteiger partial charge is 0.257 e. The maximum absolute atomic E-state index is 12.1. The highest BCUT2D eigenvalue weighted by Crippen LogP contribution is 2.22. The maximum Gasteiger partial charge on any atom is 0.257 e. The van der Waals surface area contributed by atoms with E-state index in [1.54, 1.807) is 18.2 Å². The predicted molar refractivity (Wildman–Crippen MR) is 83.9 cm³/mol. The van der Waals surface area contributed by atoms with Crippen molar-refractivity contribution in [1.29, 1.82) is 0 Å². The van der Waals surface area contributed by atoms with Gasteiger partial charge in [0.2, 0.25) is 0 Å². The molecule has 98 valence electrons. The monoisotopic (exact) mass is 448 g/mol. The number of nitrogens with zero attached hydrogens (tertiary/aromatic N) is 2. The van der Waals surface area contributed by atoms with Crippen LogP contribution in [0, 0.1) is 0 Å². The van der Waals surface area contributed by atoms with Crippen molar-refractivity contribution in [3.8, 4) is 0 Å². The van der Waals surface area contributed by atoms with Crippen molar-refractivity contribution in [3.05, 3.63) is 43.6 Å². The van der Waals surface area contributed by atoms with E-state index in [0.29, 0.717) is 26.3 Å². The Hall–Kier alpha value is -0.990. The van der Waals surface area contributed by atoms with Gasteiger partial charge in [-0.05, 0) is 50.1 Å². The van der Waals surface area contributed by atoms with Crippen LogP contribution in [0.3, 0.4) is 0 Å². The van der Waals surface area contributed by atoms with Crippen LogP contribution in [-0.2, 0) is 0 Å². The molecular formula is C11H7Br3N4O. The number of anilines is 2. The molecule has 2 rings (SSSR count). The summed E-state index contributed by atoms with van der Waals surface area (Å²) in [6, 6.07) is 4.97. The largest absolute Gasteiger partial charge is 0.399 e. The van der Waals surface area contributed by atoms with E-state index in [0.717, 1.165) is 4.47 Å². The number of aromatic nitrogens is 2. The average Bonchev–Trinajstić information content (AvgIpc) is 2.31. The minimum absolute atomic E-state index is 0.315. The fourth-order valence-electron chi connectivity index (χ4n) is 1.35. The van der Waals surface area contributed by atoms with Gasteiger partial charge in [-0.15, -0.1) is 0 Å². The highest BCUT2D eigenvalue weighted by Gasteiger charge is 2.11. The Morgan fingerprint density at radius 3 is 2.58 bits per heavy atom. The molecule has 8 heteroatoms. The van der Waals surface area contributed by atoms with Crippen molar-refractivity contribution in [2.75, 3.05) is 11.1 Å². The standard InChI is InChI=1S/C11H7Br3N4O/c12-6-1-5(2-7(15)3-6)11(19)18-10-9(14)17-8(13)4-16-10/h1-4H,15H2,(H,16,18,19). The Morgan fingerprint density at radius 1 is 1.21 bits per heavy atom. The SMILES string of the molecule is Nc1cc(Br)cc(C(=O)Nc2ncc(Br)nc2Br)c1. The summed E-state index contributed by atoms with van der Waals surface area (Å²) in [5.74, 6) is 0.0251. The van der Waals surface area contributed by atoms with Crippen molar-refractivity contribution in [3.63, 3.8) is 0 Å². The summed E-state index contributed by atoms with van der Waals surface area (Å²) < 4.78 is 1.75. The second-order valence-corrected chi connectivity index (χ2v) is 6.04.